The number of fused-ring (bicyclic) bond motifs is 1. The van der Waals surface area contributed by atoms with Gasteiger partial charge in [-0.15, -0.1) is 0 Å². The molecule has 0 saturated heterocycles. The molecule has 0 N–H and O–H groups in total. The summed E-state index contributed by atoms with van der Waals surface area (Å²) in [6.07, 6.45) is 0. The summed E-state index contributed by atoms with van der Waals surface area (Å²) < 4.78 is 0. The molecule has 2 heteroatoms. The molecule has 0 unspecified atom stereocenters. The molecule has 0 bridgehead atoms. The average molecular weight is 244 g/mol. The van der Waals surface area contributed by atoms with E-state index in [0.717, 1.165) is 22.3 Å². The number of aryl methyl sites for hydroxylation is 1. The zero-order valence-corrected chi connectivity index (χ0v) is 10.6. The number of pyridine rings is 1. The van der Waals surface area contributed by atoms with E-state index in [0.29, 0.717) is 5.56 Å². The minimum Gasteiger partial charge on any atom is -0.252 e. The van der Waals surface area contributed by atoms with Crippen LogP contribution in [-0.4, -0.2) is 4.98 Å². The number of nitriles is 1. The average Bonchev–Trinajstić information content (AvgIpc) is 2.46. The summed E-state index contributed by atoms with van der Waals surface area (Å²) in [4.78, 5) is 4.64. The molecule has 1 aromatic heterocycles. The lowest BCUT2D eigenvalue weighted by Gasteiger charge is -2.07. The molecular formula is C17H12N2. The van der Waals surface area contributed by atoms with Crippen LogP contribution in [0.2, 0.25) is 0 Å². The number of benzene rings is 2. The summed E-state index contributed by atoms with van der Waals surface area (Å²) in [7, 11) is 0. The molecule has 0 aliphatic carbocycles. The van der Waals surface area contributed by atoms with E-state index in [1.54, 1.807) is 0 Å². The maximum Gasteiger partial charge on any atom is 0.0991 e. The van der Waals surface area contributed by atoms with E-state index in [1.807, 2.05) is 43.3 Å². The molecule has 0 amide bonds. The quantitative estimate of drug-likeness (QED) is 0.646. The van der Waals surface area contributed by atoms with Crippen molar-refractivity contribution in [2.75, 3.05) is 0 Å². The molecule has 0 fully saturated rings. The van der Waals surface area contributed by atoms with Crippen molar-refractivity contribution in [3.05, 3.63) is 65.9 Å². The Morgan fingerprint density at radius 2 is 1.74 bits per heavy atom. The van der Waals surface area contributed by atoms with E-state index in [1.165, 1.54) is 5.39 Å². The number of rotatable bonds is 1. The smallest absolute Gasteiger partial charge is 0.0991 e. The standard InChI is InChI=1S/C17H12N2/c1-12-10-15-4-2-3-5-16(15)17(19-12)14-8-6-13(11-18)7-9-14/h2-10H,1H3. The van der Waals surface area contributed by atoms with Crippen molar-refractivity contribution in [1.82, 2.24) is 4.98 Å². The fraction of sp³-hybridized carbons (Fsp3) is 0.0588. The van der Waals surface area contributed by atoms with E-state index < -0.39 is 0 Å². The minimum absolute atomic E-state index is 0.667. The maximum absolute atomic E-state index is 8.85. The normalized spacial score (nSPS) is 10.3. The third-order valence-corrected chi connectivity index (χ3v) is 3.16. The lowest BCUT2D eigenvalue weighted by molar-refractivity contribution is 1.23. The highest BCUT2D eigenvalue weighted by molar-refractivity contribution is 5.94. The molecule has 90 valence electrons. The van der Waals surface area contributed by atoms with Gasteiger partial charge in [0.1, 0.15) is 0 Å². The molecule has 0 saturated carbocycles. The van der Waals surface area contributed by atoms with E-state index >= 15 is 0 Å². The summed E-state index contributed by atoms with van der Waals surface area (Å²) in [5.41, 5.74) is 3.68. The Morgan fingerprint density at radius 3 is 2.47 bits per heavy atom. The first-order valence-corrected chi connectivity index (χ1v) is 6.15. The fourth-order valence-electron chi connectivity index (χ4n) is 2.26. The first-order chi connectivity index (χ1) is 9.28. The van der Waals surface area contributed by atoms with Crippen molar-refractivity contribution in [2.45, 2.75) is 6.92 Å². The van der Waals surface area contributed by atoms with Gasteiger partial charge >= 0.3 is 0 Å². The molecular weight excluding hydrogens is 232 g/mol. The summed E-state index contributed by atoms with van der Waals surface area (Å²) in [5, 5.41) is 11.2. The van der Waals surface area contributed by atoms with Crippen molar-refractivity contribution in [1.29, 1.82) is 5.26 Å². The van der Waals surface area contributed by atoms with Gasteiger partial charge in [0.2, 0.25) is 0 Å². The molecule has 3 rings (SSSR count). The molecule has 0 aliphatic rings. The van der Waals surface area contributed by atoms with Gasteiger partial charge < -0.3 is 0 Å². The van der Waals surface area contributed by atoms with Crippen LogP contribution in [0.15, 0.2) is 54.6 Å². The van der Waals surface area contributed by atoms with Crippen LogP contribution >= 0.6 is 0 Å². The second kappa shape index (κ2) is 4.55. The largest absolute Gasteiger partial charge is 0.252 e. The van der Waals surface area contributed by atoms with Crippen molar-refractivity contribution in [3.63, 3.8) is 0 Å². The fourth-order valence-corrected chi connectivity index (χ4v) is 2.26. The lowest BCUT2D eigenvalue weighted by Crippen LogP contribution is -1.90. The van der Waals surface area contributed by atoms with Gasteiger partial charge in [-0.2, -0.15) is 5.26 Å². The zero-order chi connectivity index (χ0) is 13.2. The van der Waals surface area contributed by atoms with Gasteiger partial charge in [0.25, 0.3) is 0 Å². The summed E-state index contributed by atoms with van der Waals surface area (Å²) in [6.45, 7) is 2.00. The second-order valence-corrected chi connectivity index (χ2v) is 4.52. The number of hydrogen-bond acceptors (Lipinski definition) is 2. The van der Waals surface area contributed by atoms with Gasteiger partial charge in [-0.05, 0) is 30.5 Å². The third kappa shape index (κ3) is 2.07. The van der Waals surface area contributed by atoms with Crippen LogP contribution in [0.1, 0.15) is 11.3 Å². The SMILES string of the molecule is Cc1cc2ccccc2c(-c2ccc(C#N)cc2)n1. The van der Waals surface area contributed by atoms with E-state index in [-0.39, 0.29) is 0 Å². The molecule has 2 nitrogen and oxygen atoms in total. The molecule has 19 heavy (non-hydrogen) atoms. The van der Waals surface area contributed by atoms with Crippen LogP contribution < -0.4 is 0 Å². The van der Waals surface area contributed by atoms with Crippen LogP contribution in [0.25, 0.3) is 22.0 Å². The maximum atomic E-state index is 8.85. The molecule has 0 atom stereocenters. The molecule has 2 aromatic carbocycles. The van der Waals surface area contributed by atoms with E-state index in [9.17, 15) is 0 Å². The van der Waals surface area contributed by atoms with Crippen LogP contribution in [0.4, 0.5) is 0 Å². The van der Waals surface area contributed by atoms with Crippen molar-refractivity contribution < 1.29 is 0 Å². The van der Waals surface area contributed by atoms with Crippen LogP contribution in [0.5, 0.6) is 0 Å². The first-order valence-electron chi connectivity index (χ1n) is 6.15. The van der Waals surface area contributed by atoms with Crippen LogP contribution in [0, 0.1) is 18.3 Å². The number of aromatic nitrogens is 1. The highest BCUT2D eigenvalue weighted by atomic mass is 14.7. The first kappa shape index (κ1) is 11.4. The number of hydrogen-bond donors (Lipinski definition) is 0. The van der Waals surface area contributed by atoms with Gasteiger partial charge in [0, 0.05) is 16.6 Å². The third-order valence-electron chi connectivity index (χ3n) is 3.16. The topological polar surface area (TPSA) is 36.7 Å². The zero-order valence-electron chi connectivity index (χ0n) is 10.6. The van der Waals surface area contributed by atoms with Crippen LogP contribution in [0.3, 0.4) is 0 Å². The highest BCUT2D eigenvalue weighted by Crippen LogP contribution is 2.27. The van der Waals surface area contributed by atoms with Crippen molar-refractivity contribution in [2.24, 2.45) is 0 Å². The Balaban J connectivity index is 2.26. The van der Waals surface area contributed by atoms with E-state index in [4.69, 9.17) is 5.26 Å². The second-order valence-electron chi connectivity index (χ2n) is 4.52. The Labute approximate surface area is 112 Å². The number of nitrogens with zero attached hydrogens (tertiary/aromatic N) is 2. The Bertz CT molecular complexity index is 780. The Morgan fingerprint density at radius 1 is 1.00 bits per heavy atom. The van der Waals surface area contributed by atoms with E-state index in [2.05, 4.69) is 29.3 Å². The summed E-state index contributed by atoms with van der Waals surface area (Å²) in [6, 6.07) is 20.0. The van der Waals surface area contributed by atoms with Crippen molar-refractivity contribution >= 4 is 10.8 Å². The van der Waals surface area contributed by atoms with Gasteiger partial charge in [-0.3, -0.25) is 4.98 Å². The van der Waals surface area contributed by atoms with Gasteiger partial charge in [-0.1, -0.05) is 36.4 Å². The molecule has 1 heterocycles. The molecule has 0 radical (unpaired) electrons. The Hall–Kier alpha value is -2.66. The minimum atomic E-state index is 0.667. The van der Waals surface area contributed by atoms with Crippen LogP contribution in [-0.2, 0) is 0 Å². The predicted octanol–water partition coefficient (Wildman–Crippen LogP) is 4.08. The lowest BCUT2D eigenvalue weighted by atomic mass is 10.0. The van der Waals surface area contributed by atoms with Gasteiger partial charge in [0.05, 0.1) is 17.3 Å². The molecule has 3 aromatic rings. The highest BCUT2D eigenvalue weighted by Gasteiger charge is 2.06. The molecule has 0 spiro atoms. The monoisotopic (exact) mass is 244 g/mol. The summed E-state index contributed by atoms with van der Waals surface area (Å²) in [5.74, 6) is 0. The molecule has 0 aliphatic heterocycles. The predicted molar refractivity (Wildman–Crippen MR) is 76.6 cm³/mol. The van der Waals surface area contributed by atoms with Crippen molar-refractivity contribution in [3.8, 4) is 17.3 Å². The summed E-state index contributed by atoms with van der Waals surface area (Å²) >= 11 is 0. The Kier molecular flexibility index (Phi) is 2.74. The van der Waals surface area contributed by atoms with Gasteiger partial charge in [0.15, 0.2) is 0 Å². The van der Waals surface area contributed by atoms with Gasteiger partial charge in [-0.25, -0.2) is 0 Å².